The van der Waals surface area contributed by atoms with Gasteiger partial charge in [-0.15, -0.1) is 23.7 Å². The number of esters is 1. The number of rotatable bonds is 31. The lowest BCUT2D eigenvalue weighted by molar-refractivity contribution is -0.344. The van der Waals surface area contributed by atoms with Gasteiger partial charge in [0.2, 0.25) is 0 Å². The van der Waals surface area contributed by atoms with Gasteiger partial charge in [0.05, 0.1) is 50.8 Å². The van der Waals surface area contributed by atoms with Crippen LogP contribution in [0.3, 0.4) is 0 Å². The molecule has 0 amide bonds. The topological polar surface area (TPSA) is 157 Å². The fourth-order valence-corrected chi connectivity index (χ4v) is 13.8. The minimum atomic E-state index is -0.911. The fourth-order valence-electron chi connectivity index (χ4n) is 13.8. The third kappa shape index (κ3) is 34.1. The number of aliphatic hydroxyl groups is 1. The van der Waals surface area contributed by atoms with Crippen molar-refractivity contribution in [2.45, 2.75) is 315 Å². The molecule has 644 valence electrons. The number of hydrogen-bond acceptors (Lipinski definition) is 15. The zero-order valence-corrected chi connectivity index (χ0v) is 68.2. The van der Waals surface area contributed by atoms with Crippen molar-refractivity contribution in [2.24, 2.45) is 23.7 Å². The average Bonchev–Trinajstić information content (AvgIpc) is 1.64. The fraction of sp³-hybridized carbons (Fsp3) is 0.582. The molecule has 113 heavy (non-hydrogen) atoms. The molecular formula is C98H162O15. The Bertz CT molecular complexity index is 4330. The van der Waals surface area contributed by atoms with E-state index in [0.29, 0.717) is 19.6 Å². The first-order valence-corrected chi connectivity index (χ1v) is 40.6. The summed E-state index contributed by atoms with van der Waals surface area (Å²) in [6.45, 7) is 23.1. The Morgan fingerprint density at radius 1 is 0.442 bits per heavy atom. The van der Waals surface area contributed by atoms with Crippen molar-refractivity contribution < 1.29 is 106 Å². The number of unbranched alkanes of at least 4 members (excludes halogenated alkanes) is 16. The molecule has 0 aromatic heterocycles. The normalized spacial score (nSPS) is 25.8. The van der Waals surface area contributed by atoms with Gasteiger partial charge < -0.3 is 66.7 Å². The molecular weight excluding hydrogens is 1420 g/mol. The summed E-state index contributed by atoms with van der Waals surface area (Å²) in [5.74, 6) is 72.1. The van der Waals surface area contributed by atoms with Crippen LogP contribution in [0.25, 0.3) is 0 Å². The lowest BCUT2D eigenvalue weighted by atomic mass is 9.84. The third-order valence-electron chi connectivity index (χ3n) is 20.0. The van der Waals surface area contributed by atoms with Crippen LogP contribution in [0.2, 0.25) is 0 Å². The highest BCUT2D eigenvalue weighted by molar-refractivity contribution is 5.89. The van der Waals surface area contributed by atoms with Gasteiger partial charge in [0, 0.05) is 124 Å². The second-order valence-corrected chi connectivity index (χ2v) is 29.7. The molecule has 0 aliphatic carbocycles. The molecule has 0 spiro atoms. The van der Waals surface area contributed by atoms with Gasteiger partial charge in [0.1, 0.15) is 30.5 Å². The monoisotopic (exact) mass is 1580 g/mol. The van der Waals surface area contributed by atoms with E-state index in [9.17, 15) is 9.90 Å². The predicted molar refractivity (Wildman–Crippen MR) is 488 cm³/mol. The standard InChI is InChI=1S/C62H58O8.C36H56O7.24H2/c1-7-9-11-13-15-17-19-21-22-23-24-25-26-27-28-29-30-31-33-35-37-39-44-48-57(63)66-56(59-54(69-62(5,6)70-59)47-43-38-36-34-32-20-18-16-14-12-10-8-2)50-64-60-52(4)51(3)58-55(67-60)49-65-61(68-58)53-45-41-40-42-46-53;1-6-7-8-9-10-11-12-13-14-15-16-20-23-30-33(43-36(4,5)42-30)29(37)24-38-34-27(3)26(2)32-31(40-34)25-39-35(41-32)28-21-18-17-19-22-28;;;;;;;;;;;;;;;;;;;;;;;;/h40-42,45-46,51-52,54-56,58-61H,8,10,12,14,16,32,34,36,38,43,47,49-50H2,1-6H3;17-19,21-22,26-27,29-35,37H,6-10,13-16,20,23-25H2,1-5H3;24*1H/t51?,52?,54-,55?,56+,58?,59-,60?,61?;26?,27?,29-,30-,31?,32?,33-,34?,35?;;;;;;;;;;;;;;;;;;;;;;;;/m10......................../s1. The van der Waals surface area contributed by atoms with Crippen LogP contribution >= 0.6 is 0 Å². The summed E-state index contributed by atoms with van der Waals surface area (Å²) in [7, 11) is 0. The van der Waals surface area contributed by atoms with E-state index in [-0.39, 0.29) is 108 Å². The number of hydrogen-bond donors (Lipinski definition) is 1. The summed E-state index contributed by atoms with van der Waals surface area (Å²) in [4.78, 5) is 13.3. The molecule has 0 radical (unpaired) electrons. The van der Waals surface area contributed by atoms with Crippen molar-refractivity contribution in [3.05, 3.63) is 71.8 Å². The second-order valence-electron chi connectivity index (χ2n) is 29.7. The molecule has 6 aliphatic rings. The molecule has 6 saturated heterocycles. The molecule has 6 fully saturated rings. The number of benzene rings is 2. The smallest absolute Gasteiger partial charge is 0.385 e. The predicted octanol–water partition coefficient (Wildman–Crippen LogP) is 21.1. The van der Waals surface area contributed by atoms with E-state index in [1.807, 2.05) is 88.4 Å². The van der Waals surface area contributed by atoms with Gasteiger partial charge in [-0.05, 0) is 180 Å². The van der Waals surface area contributed by atoms with Gasteiger partial charge in [0.25, 0.3) is 0 Å². The number of carbonyl (C=O) groups is 1. The Morgan fingerprint density at radius 3 is 1.19 bits per heavy atom. The summed E-state index contributed by atoms with van der Waals surface area (Å²) in [6, 6.07) is 19.9. The number of ether oxygens (including phenoxy) is 13. The van der Waals surface area contributed by atoms with Crippen LogP contribution in [0, 0.1) is 189 Å². The van der Waals surface area contributed by atoms with Crippen molar-refractivity contribution >= 4 is 5.97 Å². The Labute approximate surface area is 712 Å². The van der Waals surface area contributed by atoms with E-state index in [4.69, 9.17) is 61.6 Å². The van der Waals surface area contributed by atoms with Crippen LogP contribution in [0.4, 0.5) is 0 Å². The van der Waals surface area contributed by atoms with E-state index < -0.39 is 67.1 Å². The molecule has 6 heterocycles. The van der Waals surface area contributed by atoms with Crippen molar-refractivity contribution in [3.63, 3.8) is 0 Å². The van der Waals surface area contributed by atoms with E-state index in [1.165, 1.54) is 51.4 Å². The van der Waals surface area contributed by atoms with Crippen molar-refractivity contribution in [2.75, 3.05) is 26.4 Å². The molecule has 1 N–H and O–H groups in total. The molecule has 15 heteroatoms. The Hall–Kier alpha value is -8.77. The van der Waals surface area contributed by atoms with Gasteiger partial charge in [-0.25, -0.2) is 4.79 Å². The zero-order valence-electron chi connectivity index (χ0n) is 68.2. The molecule has 18 atom stereocenters. The molecule has 0 bridgehead atoms. The summed E-state index contributed by atoms with van der Waals surface area (Å²) < 4.78 is 81.6. The Balaban J connectivity index is -0.000000117. The summed E-state index contributed by atoms with van der Waals surface area (Å²) in [5, 5.41) is 11.2. The lowest BCUT2D eigenvalue weighted by Crippen LogP contribution is -2.56. The lowest BCUT2D eigenvalue weighted by Gasteiger charge is -2.48. The van der Waals surface area contributed by atoms with Gasteiger partial charge in [-0.3, -0.25) is 0 Å². The summed E-state index contributed by atoms with van der Waals surface area (Å²) in [5.41, 5.74) is 1.97. The molecule has 2 aromatic rings. The quantitative estimate of drug-likeness (QED) is 0.0329. The van der Waals surface area contributed by atoms with Crippen molar-refractivity contribution in [3.8, 4) is 166 Å². The van der Waals surface area contributed by atoms with E-state index in [1.54, 1.807) is 6.92 Å². The first kappa shape index (κ1) is 91.4. The summed E-state index contributed by atoms with van der Waals surface area (Å²) >= 11 is 0. The van der Waals surface area contributed by atoms with Crippen LogP contribution < -0.4 is 0 Å². The van der Waals surface area contributed by atoms with Crippen LogP contribution in [-0.4, -0.2) is 123 Å². The largest absolute Gasteiger partial charge is 0.447 e. The number of aliphatic hydroxyl groups excluding tert-OH is 1. The molecule has 15 nitrogen and oxygen atoms in total. The highest BCUT2D eigenvalue weighted by atomic mass is 16.8. The van der Waals surface area contributed by atoms with E-state index in [2.05, 4.69) is 207 Å². The maximum atomic E-state index is 13.3. The van der Waals surface area contributed by atoms with Crippen LogP contribution in [0.1, 0.15) is 275 Å². The molecule has 8 rings (SSSR count). The zero-order chi connectivity index (χ0) is 80.6. The number of fused-ring (bicyclic) bond motifs is 2. The summed E-state index contributed by atoms with van der Waals surface area (Å²) in [6.07, 6.45) is 18.0. The molecule has 6 aliphatic heterocycles. The van der Waals surface area contributed by atoms with Gasteiger partial charge in [0.15, 0.2) is 42.8 Å². The second kappa shape index (κ2) is 52.6. The van der Waals surface area contributed by atoms with Crippen LogP contribution in [-0.2, 0) is 66.4 Å². The van der Waals surface area contributed by atoms with Gasteiger partial charge in [-0.2, -0.15) is 0 Å². The maximum absolute atomic E-state index is 13.3. The highest BCUT2D eigenvalue weighted by Gasteiger charge is 2.51. The van der Waals surface area contributed by atoms with E-state index in [0.717, 1.165) is 94.6 Å². The Kier molecular flexibility index (Phi) is 42.5. The minimum absolute atomic E-state index is 0. The minimum Gasteiger partial charge on any atom is -0.447 e. The third-order valence-corrected chi connectivity index (χ3v) is 20.0. The SMILES string of the molecule is CC#CC#CC#CC#CC#CC#CC#CC#CC#CC#CC#CC#CC(=O)O[C@@H](COC1OC2COC(c3ccccc3)OC2C(C)C1C)[C@@H]1OC(C)(C)O[C@@H]1CCCCCCC#CCCCCCC.CCCCCCC#CCCCCCC[C@@H]1OC(C)(C)O[C@H]1[C@@H](O)COC1OC2COC(c3ccccc3)OC2C(C)C1C.[HH].[HH].[HH].[HH].[HH].[HH].[HH].[HH].[HH].[HH].[HH].[HH].[HH].[HH].[HH].[HH].[HH].[HH].[HH].[HH].[HH].[HH].[HH].[HH]. The van der Waals surface area contributed by atoms with Crippen LogP contribution in [0.15, 0.2) is 60.7 Å². The maximum Gasteiger partial charge on any atom is 0.385 e. The average molecular weight is 1580 g/mol. The molecule has 12 unspecified atom stereocenters. The highest BCUT2D eigenvalue weighted by Crippen LogP contribution is 2.43. The Morgan fingerprint density at radius 2 is 0.796 bits per heavy atom. The molecule has 2 aromatic carbocycles. The van der Waals surface area contributed by atoms with Crippen molar-refractivity contribution in [1.29, 1.82) is 0 Å². The van der Waals surface area contributed by atoms with Gasteiger partial charge in [-0.1, -0.05) is 185 Å². The van der Waals surface area contributed by atoms with Crippen molar-refractivity contribution in [1.82, 2.24) is 0 Å². The first-order valence-electron chi connectivity index (χ1n) is 40.6. The first-order chi connectivity index (χ1) is 55.0. The van der Waals surface area contributed by atoms with E-state index >= 15 is 0 Å². The van der Waals surface area contributed by atoms with Gasteiger partial charge >= 0.3 is 5.97 Å². The molecule has 0 saturated carbocycles. The number of carbonyl (C=O) groups excluding carboxylic acids is 1. The van der Waals surface area contributed by atoms with Crippen LogP contribution in [0.5, 0.6) is 0 Å².